The highest BCUT2D eigenvalue weighted by molar-refractivity contribution is 5.96. The van der Waals surface area contributed by atoms with Crippen LogP contribution in [0.15, 0.2) is 42.5 Å². The van der Waals surface area contributed by atoms with Crippen molar-refractivity contribution in [2.45, 2.75) is 37.4 Å². The van der Waals surface area contributed by atoms with Gasteiger partial charge in [-0.1, -0.05) is 6.07 Å². The lowest BCUT2D eigenvalue weighted by molar-refractivity contribution is -0.187. The van der Waals surface area contributed by atoms with Gasteiger partial charge in [0.05, 0.1) is 12.7 Å². The van der Waals surface area contributed by atoms with Crippen molar-refractivity contribution >= 4 is 17.8 Å². The van der Waals surface area contributed by atoms with Gasteiger partial charge in [0.1, 0.15) is 0 Å². The van der Waals surface area contributed by atoms with Gasteiger partial charge in [-0.05, 0) is 80.2 Å². The summed E-state index contributed by atoms with van der Waals surface area (Å²) in [5.41, 5.74) is 1.10. The van der Waals surface area contributed by atoms with E-state index in [9.17, 15) is 36.3 Å². The quantitative estimate of drug-likeness (QED) is 0.364. The Morgan fingerprint density at radius 1 is 1.00 bits per heavy atom. The molecule has 0 radical (unpaired) electrons. The van der Waals surface area contributed by atoms with E-state index in [1.807, 2.05) is 0 Å². The van der Waals surface area contributed by atoms with E-state index in [4.69, 9.17) is 0 Å². The predicted octanol–water partition coefficient (Wildman–Crippen LogP) is 4.14. The van der Waals surface area contributed by atoms with Gasteiger partial charge in [-0.3, -0.25) is 9.59 Å². The van der Waals surface area contributed by atoms with E-state index in [1.54, 1.807) is 0 Å². The van der Waals surface area contributed by atoms with Crippen molar-refractivity contribution in [3.63, 3.8) is 0 Å². The molecule has 2 unspecified atom stereocenters. The number of carbonyl (C=O) groups is 3. The number of alkyl halides is 3. The van der Waals surface area contributed by atoms with E-state index in [1.165, 1.54) is 37.4 Å². The average Bonchev–Trinajstić information content (AvgIpc) is 3.73. The van der Waals surface area contributed by atoms with Crippen LogP contribution in [0.5, 0.6) is 0 Å². The summed E-state index contributed by atoms with van der Waals surface area (Å²) in [6.07, 6.45) is -3.61. The monoisotopic (exact) mass is 567 g/mol. The highest BCUT2D eigenvalue weighted by atomic mass is 19.4. The molecule has 2 fully saturated rings. The van der Waals surface area contributed by atoms with Crippen LogP contribution in [-0.2, 0) is 9.53 Å². The molecule has 1 saturated carbocycles. The highest BCUT2D eigenvalue weighted by Gasteiger charge is 2.52. The number of benzene rings is 2. The Morgan fingerprint density at radius 2 is 1.65 bits per heavy atom. The smallest absolute Gasteiger partial charge is 0.465 e. The summed E-state index contributed by atoms with van der Waals surface area (Å²) in [6, 6.07) is 8.60. The minimum atomic E-state index is -5.03. The number of nitrogens with zero attached hydrogens (tertiary/aromatic N) is 2. The first-order chi connectivity index (χ1) is 19.0. The van der Waals surface area contributed by atoms with Crippen molar-refractivity contribution in [2.24, 2.45) is 5.92 Å². The summed E-state index contributed by atoms with van der Waals surface area (Å²) in [4.78, 5) is 39.1. The van der Waals surface area contributed by atoms with E-state index < -0.39 is 41.6 Å². The molecule has 2 aliphatic rings. The first-order valence-electron chi connectivity index (χ1n) is 13.0. The molecule has 1 saturated heterocycles. The largest absolute Gasteiger partial charge is 0.471 e. The normalized spacial score (nSPS) is 19.6. The number of hydrogen-bond donors (Lipinski definition) is 1. The van der Waals surface area contributed by atoms with Crippen LogP contribution in [0.25, 0.3) is 0 Å². The highest BCUT2D eigenvalue weighted by Crippen LogP contribution is 2.46. The van der Waals surface area contributed by atoms with Gasteiger partial charge in [-0.15, -0.1) is 0 Å². The molecule has 12 heteroatoms. The third-order valence-corrected chi connectivity index (χ3v) is 7.48. The number of esters is 1. The molecule has 7 nitrogen and oxygen atoms in total. The summed E-state index contributed by atoms with van der Waals surface area (Å²) in [5.74, 6) is -5.43. The van der Waals surface area contributed by atoms with Crippen LogP contribution in [0.1, 0.15) is 51.5 Å². The van der Waals surface area contributed by atoms with Crippen LogP contribution < -0.4 is 5.32 Å². The van der Waals surface area contributed by atoms with Gasteiger partial charge in [0.15, 0.2) is 11.6 Å². The molecule has 4 rings (SSSR count). The number of rotatable bonds is 9. The van der Waals surface area contributed by atoms with Gasteiger partial charge in [-0.25, -0.2) is 13.6 Å². The molecule has 1 aliphatic carbocycles. The zero-order valence-corrected chi connectivity index (χ0v) is 21.8. The number of ether oxygens (including phenoxy) is 1. The Hall–Kier alpha value is -3.54. The van der Waals surface area contributed by atoms with E-state index >= 15 is 0 Å². The van der Waals surface area contributed by atoms with Crippen molar-refractivity contribution in [1.29, 1.82) is 0 Å². The fraction of sp³-hybridized carbons (Fsp3) is 0.464. The molecule has 2 amide bonds. The Balaban J connectivity index is 1.25. The summed E-state index contributed by atoms with van der Waals surface area (Å²) >= 11 is 0. The lowest BCUT2D eigenvalue weighted by atomic mass is 9.95. The van der Waals surface area contributed by atoms with E-state index in [2.05, 4.69) is 15.0 Å². The third kappa shape index (κ3) is 7.15. The number of methoxy groups -OCH3 is 1. The maximum absolute atomic E-state index is 13.6. The molecule has 1 heterocycles. The maximum Gasteiger partial charge on any atom is 0.471 e. The minimum absolute atomic E-state index is 0.0602. The van der Waals surface area contributed by atoms with Gasteiger partial charge in [-0.2, -0.15) is 13.2 Å². The number of amides is 2. The van der Waals surface area contributed by atoms with Crippen molar-refractivity contribution in [3.8, 4) is 0 Å². The lowest BCUT2D eigenvalue weighted by Gasteiger charge is -2.35. The molecule has 0 bridgehead atoms. The second-order valence-corrected chi connectivity index (χ2v) is 10.1. The molecular weight excluding hydrogens is 537 g/mol. The van der Waals surface area contributed by atoms with Gasteiger partial charge >= 0.3 is 18.1 Å². The van der Waals surface area contributed by atoms with Crippen molar-refractivity contribution < 1.29 is 41.1 Å². The molecule has 216 valence electrons. The number of nitrogens with one attached hydrogen (secondary N) is 1. The van der Waals surface area contributed by atoms with E-state index in [0.29, 0.717) is 55.7 Å². The first kappa shape index (κ1) is 29.4. The zero-order valence-electron chi connectivity index (χ0n) is 21.8. The van der Waals surface area contributed by atoms with Gasteiger partial charge in [0.2, 0.25) is 0 Å². The van der Waals surface area contributed by atoms with Crippen molar-refractivity contribution in [2.75, 3.05) is 39.8 Å². The second kappa shape index (κ2) is 12.3. The van der Waals surface area contributed by atoms with Crippen LogP contribution in [0, 0.1) is 17.6 Å². The van der Waals surface area contributed by atoms with Gasteiger partial charge in [0.25, 0.3) is 5.91 Å². The molecule has 2 aromatic carbocycles. The summed E-state index contributed by atoms with van der Waals surface area (Å²) in [5, 5.41) is 2.81. The Labute approximate surface area is 228 Å². The lowest BCUT2D eigenvalue weighted by Crippen LogP contribution is -2.47. The van der Waals surface area contributed by atoms with Crippen LogP contribution in [0.4, 0.5) is 22.0 Å². The molecule has 0 aromatic heterocycles. The van der Waals surface area contributed by atoms with Crippen molar-refractivity contribution in [1.82, 2.24) is 15.1 Å². The SMILES string of the molecule is COC(=O)c1ccc(C(=O)NCCN2CCC(CN(C(=O)C(F)(F)F)C3CC3c3ccc(F)c(F)c3)CC2)cc1. The van der Waals surface area contributed by atoms with E-state index in [0.717, 1.165) is 17.0 Å². The first-order valence-corrected chi connectivity index (χ1v) is 13.0. The second-order valence-electron chi connectivity index (χ2n) is 10.1. The number of carbonyl (C=O) groups excluding carboxylic acids is 3. The minimum Gasteiger partial charge on any atom is -0.465 e. The standard InChI is InChI=1S/C28H30F5N3O4/c1-40-26(38)19-4-2-18(3-5-19)25(37)34-10-13-35-11-8-17(9-12-35)16-36(27(39)28(31,32)33)24-15-21(24)20-6-7-22(29)23(30)14-20/h2-7,14,17,21,24H,8-13,15-16H2,1H3,(H,34,37). The van der Waals surface area contributed by atoms with Crippen LogP contribution in [0.2, 0.25) is 0 Å². The Kier molecular flexibility index (Phi) is 9.07. The molecule has 1 aliphatic heterocycles. The molecular formula is C28H30F5N3O4. The Bertz CT molecular complexity index is 1230. The summed E-state index contributed by atoms with van der Waals surface area (Å²) in [7, 11) is 1.27. The predicted molar refractivity (Wildman–Crippen MR) is 135 cm³/mol. The fourth-order valence-corrected chi connectivity index (χ4v) is 5.13. The van der Waals surface area contributed by atoms with Crippen LogP contribution in [0.3, 0.4) is 0 Å². The maximum atomic E-state index is 13.6. The van der Waals surface area contributed by atoms with E-state index in [-0.39, 0.29) is 24.8 Å². The molecule has 2 atom stereocenters. The molecule has 1 N–H and O–H groups in total. The van der Waals surface area contributed by atoms with Crippen LogP contribution in [-0.4, -0.2) is 79.6 Å². The number of piperidine rings is 1. The number of likely N-dealkylation sites (tertiary alicyclic amines) is 1. The van der Waals surface area contributed by atoms with Crippen molar-refractivity contribution in [3.05, 3.63) is 70.8 Å². The average molecular weight is 568 g/mol. The fourth-order valence-electron chi connectivity index (χ4n) is 5.13. The molecule has 0 spiro atoms. The number of halogens is 5. The third-order valence-electron chi connectivity index (χ3n) is 7.48. The molecule has 2 aromatic rings. The Morgan fingerprint density at radius 3 is 2.25 bits per heavy atom. The molecule has 40 heavy (non-hydrogen) atoms. The topological polar surface area (TPSA) is 79.0 Å². The summed E-state index contributed by atoms with van der Waals surface area (Å²) in [6.45, 7) is 2.04. The van der Waals surface area contributed by atoms with Gasteiger partial charge < -0.3 is 19.9 Å². The van der Waals surface area contributed by atoms with Gasteiger partial charge in [0, 0.05) is 37.2 Å². The summed E-state index contributed by atoms with van der Waals surface area (Å²) < 4.78 is 71.7. The number of hydrogen-bond acceptors (Lipinski definition) is 5. The van der Waals surface area contributed by atoms with Crippen LogP contribution >= 0.6 is 0 Å². The zero-order chi connectivity index (χ0) is 29.0.